The second kappa shape index (κ2) is 6.39. The van der Waals surface area contributed by atoms with E-state index in [1.54, 1.807) is 11.0 Å². The molecule has 6 heteroatoms. The molecule has 1 amide bonds. The molecule has 1 aromatic carbocycles. The van der Waals surface area contributed by atoms with E-state index in [1.807, 2.05) is 13.0 Å². The van der Waals surface area contributed by atoms with Crippen LogP contribution in [-0.4, -0.2) is 33.4 Å². The molecule has 0 spiro atoms. The van der Waals surface area contributed by atoms with Crippen molar-refractivity contribution in [2.75, 3.05) is 6.54 Å². The molecule has 1 saturated heterocycles. The number of carboxylic acid groups (broad SMARTS) is 1. The summed E-state index contributed by atoms with van der Waals surface area (Å²) < 4.78 is 13.6. The van der Waals surface area contributed by atoms with Crippen molar-refractivity contribution in [3.8, 4) is 0 Å². The van der Waals surface area contributed by atoms with Crippen LogP contribution in [0.5, 0.6) is 0 Å². The molecule has 1 fully saturated rings. The van der Waals surface area contributed by atoms with Crippen molar-refractivity contribution in [3.05, 3.63) is 65.2 Å². The van der Waals surface area contributed by atoms with Crippen LogP contribution in [0.25, 0.3) is 0 Å². The molecule has 0 bridgehead atoms. The van der Waals surface area contributed by atoms with Crippen LogP contribution in [0.1, 0.15) is 45.8 Å². The van der Waals surface area contributed by atoms with Crippen LogP contribution in [0.15, 0.2) is 42.6 Å². The minimum Gasteiger partial charge on any atom is -0.477 e. The zero-order valence-electron chi connectivity index (χ0n) is 13.1. The van der Waals surface area contributed by atoms with Crippen molar-refractivity contribution in [1.29, 1.82) is 0 Å². The second-order valence-electron chi connectivity index (χ2n) is 6.00. The lowest BCUT2D eigenvalue weighted by Gasteiger charge is -2.27. The molecule has 2 atom stereocenters. The molecule has 0 saturated carbocycles. The number of rotatable bonds is 3. The molecule has 2 unspecified atom stereocenters. The molecule has 24 heavy (non-hydrogen) atoms. The number of benzene rings is 1. The largest absolute Gasteiger partial charge is 0.477 e. The number of aromatic carboxylic acids is 1. The Kier molecular flexibility index (Phi) is 4.29. The first-order valence-corrected chi connectivity index (χ1v) is 7.73. The van der Waals surface area contributed by atoms with E-state index in [-0.39, 0.29) is 34.9 Å². The van der Waals surface area contributed by atoms with Crippen LogP contribution in [-0.2, 0) is 0 Å². The third kappa shape index (κ3) is 2.99. The second-order valence-corrected chi connectivity index (χ2v) is 6.00. The van der Waals surface area contributed by atoms with E-state index < -0.39 is 5.97 Å². The molecule has 0 radical (unpaired) electrons. The van der Waals surface area contributed by atoms with Gasteiger partial charge in [0, 0.05) is 18.3 Å². The zero-order chi connectivity index (χ0) is 17.3. The number of carbonyl (C=O) groups excluding carboxylic acids is 1. The van der Waals surface area contributed by atoms with Crippen molar-refractivity contribution in [2.24, 2.45) is 5.92 Å². The Balaban J connectivity index is 1.93. The number of likely N-dealkylation sites (tertiary alicyclic amines) is 1. The van der Waals surface area contributed by atoms with E-state index in [0.717, 1.165) is 12.0 Å². The molecule has 124 valence electrons. The lowest BCUT2D eigenvalue weighted by Crippen LogP contribution is -2.32. The SMILES string of the molecule is CC1CCN(C(=O)c2ccnc(C(=O)O)c2)C1c1cccc(F)c1. The highest BCUT2D eigenvalue weighted by atomic mass is 19.1. The molecule has 5 nitrogen and oxygen atoms in total. The fourth-order valence-corrected chi connectivity index (χ4v) is 3.22. The lowest BCUT2D eigenvalue weighted by atomic mass is 9.95. The Bertz CT molecular complexity index is 793. The number of aromatic nitrogens is 1. The average molecular weight is 328 g/mol. The molecule has 1 N–H and O–H groups in total. The van der Waals surface area contributed by atoms with Crippen LogP contribution in [0, 0.1) is 11.7 Å². The van der Waals surface area contributed by atoms with E-state index in [0.29, 0.717) is 6.54 Å². The van der Waals surface area contributed by atoms with E-state index in [2.05, 4.69) is 4.98 Å². The summed E-state index contributed by atoms with van der Waals surface area (Å²) in [5, 5.41) is 9.03. The molecule has 1 aliphatic heterocycles. The van der Waals surface area contributed by atoms with Crippen molar-refractivity contribution >= 4 is 11.9 Å². The number of halogens is 1. The zero-order valence-corrected chi connectivity index (χ0v) is 13.1. The average Bonchev–Trinajstić information content (AvgIpc) is 2.96. The fourth-order valence-electron chi connectivity index (χ4n) is 3.22. The van der Waals surface area contributed by atoms with Gasteiger partial charge >= 0.3 is 5.97 Å². The predicted molar refractivity (Wildman–Crippen MR) is 85.2 cm³/mol. The third-order valence-electron chi connectivity index (χ3n) is 4.38. The van der Waals surface area contributed by atoms with Gasteiger partial charge in [0.2, 0.25) is 0 Å². The van der Waals surface area contributed by atoms with Crippen molar-refractivity contribution in [2.45, 2.75) is 19.4 Å². The number of hydrogen-bond acceptors (Lipinski definition) is 3. The highest BCUT2D eigenvalue weighted by Crippen LogP contribution is 2.38. The maximum Gasteiger partial charge on any atom is 0.354 e. The van der Waals surface area contributed by atoms with Gasteiger partial charge in [0.1, 0.15) is 11.5 Å². The van der Waals surface area contributed by atoms with Gasteiger partial charge in [0.05, 0.1) is 6.04 Å². The first-order chi connectivity index (χ1) is 11.5. The van der Waals surface area contributed by atoms with E-state index >= 15 is 0 Å². The molecule has 0 aliphatic carbocycles. The van der Waals surface area contributed by atoms with Gasteiger partial charge in [-0.15, -0.1) is 0 Å². The van der Waals surface area contributed by atoms with Gasteiger partial charge in [0.25, 0.3) is 5.91 Å². The molecular weight excluding hydrogens is 311 g/mol. The highest BCUT2D eigenvalue weighted by Gasteiger charge is 2.36. The minimum absolute atomic E-state index is 0.171. The number of amides is 1. The van der Waals surface area contributed by atoms with Gasteiger partial charge in [-0.3, -0.25) is 4.79 Å². The Morgan fingerprint density at radius 3 is 2.79 bits per heavy atom. The summed E-state index contributed by atoms with van der Waals surface area (Å²) >= 11 is 0. The monoisotopic (exact) mass is 328 g/mol. The number of carboxylic acids is 1. The van der Waals surface area contributed by atoms with Crippen molar-refractivity contribution in [3.63, 3.8) is 0 Å². The maximum atomic E-state index is 13.6. The number of carbonyl (C=O) groups is 2. The van der Waals surface area contributed by atoms with Crippen LogP contribution < -0.4 is 0 Å². The number of pyridine rings is 1. The summed E-state index contributed by atoms with van der Waals surface area (Å²) in [7, 11) is 0. The number of hydrogen-bond donors (Lipinski definition) is 1. The molecule has 1 aliphatic rings. The third-order valence-corrected chi connectivity index (χ3v) is 4.38. The lowest BCUT2D eigenvalue weighted by molar-refractivity contribution is 0.0690. The number of nitrogens with zero attached hydrogens (tertiary/aromatic N) is 2. The standard InChI is InChI=1S/C18H17FN2O3/c1-11-6-8-21(16(11)12-3-2-4-14(19)9-12)17(22)13-5-7-20-15(10-13)18(23)24/h2-5,7,9-11,16H,6,8H2,1H3,(H,23,24). The quantitative estimate of drug-likeness (QED) is 0.939. The first kappa shape index (κ1) is 16.1. The Morgan fingerprint density at radius 1 is 1.29 bits per heavy atom. The van der Waals surface area contributed by atoms with Crippen LogP contribution in [0.4, 0.5) is 4.39 Å². The Hall–Kier alpha value is -2.76. The summed E-state index contributed by atoms with van der Waals surface area (Å²) in [5.41, 5.74) is 0.856. The van der Waals surface area contributed by atoms with Crippen molar-refractivity contribution < 1.29 is 19.1 Å². The van der Waals surface area contributed by atoms with Gasteiger partial charge in [-0.2, -0.15) is 0 Å². The van der Waals surface area contributed by atoms with Gasteiger partial charge < -0.3 is 10.0 Å². The van der Waals surface area contributed by atoms with Crippen molar-refractivity contribution in [1.82, 2.24) is 9.88 Å². The summed E-state index contributed by atoms with van der Waals surface area (Å²) in [6.45, 7) is 2.57. The summed E-state index contributed by atoms with van der Waals surface area (Å²) in [5.74, 6) is -1.59. The molecule has 3 rings (SSSR count). The van der Waals surface area contributed by atoms with Gasteiger partial charge in [0.15, 0.2) is 0 Å². The van der Waals surface area contributed by atoms with Crippen LogP contribution in [0.3, 0.4) is 0 Å². The van der Waals surface area contributed by atoms with Gasteiger partial charge in [-0.1, -0.05) is 19.1 Å². The summed E-state index contributed by atoms with van der Waals surface area (Å²) in [6, 6.07) is 8.81. The fraction of sp³-hybridized carbons (Fsp3) is 0.278. The Morgan fingerprint density at radius 2 is 2.08 bits per heavy atom. The molecule has 1 aromatic heterocycles. The predicted octanol–water partition coefficient (Wildman–Crippen LogP) is 3.14. The smallest absolute Gasteiger partial charge is 0.354 e. The minimum atomic E-state index is -1.18. The Labute approximate surface area is 138 Å². The summed E-state index contributed by atoms with van der Waals surface area (Å²) in [6.07, 6.45) is 2.12. The van der Waals surface area contributed by atoms with E-state index in [1.165, 1.54) is 30.5 Å². The van der Waals surface area contributed by atoms with E-state index in [4.69, 9.17) is 5.11 Å². The van der Waals surface area contributed by atoms with Gasteiger partial charge in [-0.05, 0) is 42.2 Å². The molecule has 2 aromatic rings. The first-order valence-electron chi connectivity index (χ1n) is 7.73. The van der Waals surface area contributed by atoms with Gasteiger partial charge in [-0.25, -0.2) is 14.2 Å². The summed E-state index contributed by atoms with van der Waals surface area (Å²) in [4.78, 5) is 29.3. The highest BCUT2D eigenvalue weighted by molar-refractivity contribution is 5.97. The molecule has 2 heterocycles. The normalized spacial score (nSPS) is 20.2. The maximum absolute atomic E-state index is 13.6. The van der Waals surface area contributed by atoms with Crippen LogP contribution >= 0.6 is 0 Å². The van der Waals surface area contributed by atoms with E-state index in [9.17, 15) is 14.0 Å². The topological polar surface area (TPSA) is 70.5 Å². The van der Waals surface area contributed by atoms with Crippen LogP contribution in [0.2, 0.25) is 0 Å². The molecular formula is C18H17FN2O3.